The largest absolute Gasteiger partial charge is 0.249 e. The zero-order valence-corrected chi connectivity index (χ0v) is 8.99. The number of aryl methyl sites for hydroxylation is 1. The summed E-state index contributed by atoms with van der Waals surface area (Å²) in [5.74, 6) is 0. The highest BCUT2D eigenvalue weighted by atomic mass is 16.9. The van der Waals surface area contributed by atoms with Crippen LogP contribution < -0.4 is 5.23 Å². The van der Waals surface area contributed by atoms with Gasteiger partial charge in [-0.3, -0.25) is 0 Å². The van der Waals surface area contributed by atoms with Crippen molar-refractivity contribution in [1.82, 2.24) is 0 Å². The highest BCUT2D eigenvalue weighted by molar-refractivity contribution is 5.44. The lowest BCUT2D eigenvalue weighted by molar-refractivity contribution is -0.0817. The summed E-state index contributed by atoms with van der Waals surface area (Å²) >= 11 is 0. The topological polar surface area (TPSA) is 21.7 Å². The first-order valence-electron chi connectivity index (χ1n) is 4.90. The minimum absolute atomic E-state index is 0.591. The van der Waals surface area contributed by atoms with Gasteiger partial charge in [-0.25, -0.2) is 9.68 Å². The molecule has 0 fully saturated rings. The molecule has 78 valence electrons. The van der Waals surface area contributed by atoms with E-state index in [0.717, 1.165) is 5.69 Å². The van der Waals surface area contributed by atoms with Crippen LogP contribution in [-0.2, 0) is 9.68 Å². The van der Waals surface area contributed by atoms with Crippen LogP contribution in [0, 0.1) is 6.92 Å². The van der Waals surface area contributed by atoms with Crippen LogP contribution in [-0.4, -0.2) is 13.2 Å². The predicted octanol–water partition coefficient (Wildman–Crippen LogP) is 2.70. The van der Waals surface area contributed by atoms with Gasteiger partial charge >= 0.3 is 0 Å². The molecule has 0 spiro atoms. The van der Waals surface area contributed by atoms with Crippen molar-refractivity contribution < 1.29 is 9.68 Å². The Morgan fingerprint density at radius 3 is 2.29 bits per heavy atom. The van der Waals surface area contributed by atoms with Crippen LogP contribution in [0.1, 0.15) is 19.4 Å². The summed E-state index contributed by atoms with van der Waals surface area (Å²) in [6.45, 7) is 7.09. The molecule has 0 radical (unpaired) electrons. The van der Waals surface area contributed by atoms with E-state index in [0.29, 0.717) is 13.2 Å². The fourth-order valence-corrected chi connectivity index (χ4v) is 1.16. The minimum Gasteiger partial charge on any atom is -0.249 e. The molecule has 0 aliphatic carbocycles. The van der Waals surface area contributed by atoms with Gasteiger partial charge in [0.2, 0.25) is 0 Å². The Hall–Kier alpha value is -1.06. The van der Waals surface area contributed by atoms with Crippen LogP contribution in [0.5, 0.6) is 0 Å². The highest BCUT2D eigenvalue weighted by Crippen LogP contribution is 2.16. The molecule has 0 aliphatic heterocycles. The van der Waals surface area contributed by atoms with E-state index in [9.17, 15) is 0 Å². The maximum absolute atomic E-state index is 5.33. The molecule has 0 unspecified atom stereocenters. The molecule has 0 aliphatic rings. The predicted molar refractivity (Wildman–Crippen MR) is 56.9 cm³/mol. The first-order valence-corrected chi connectivity index (χ1v) is 4.90. The van der Waals surface area contributed by atoms with Gasteiger partial charge in [0.15, 0.2) is 0 Å². The lowest BCUT2D eigenvalue weighted by atomic mass is 10.2. The molecule has 1 aromatic rings. The quantitative estimate of drug-likeness (QED) is 0.674. The second-order valence-corrected chi connectivity index (χ2v) is 2.93. The summed E-state index contributed by atoms with van der Waals surface area (Å²) in [6, 6.07) is 8.00. The van der Waals surface area contributed by atoms with Gasteiger partial charge in [-0.15, -0.1) is 5.23 Å². The van der Waals surface area contributed by atoms with Crippen molar-refractivity contribution in [2.45, 2.75) is 20.8 Å². The molecule has 0 bridgehead atoms. The third-order valence-corrected chi connectivity index (χ3v) is 1.71. The van der Waals surface area contributed by atoms with Gasteiger partial charge in [-0.2, -0.15) is 0 Å². The molecule has 0 saturated carbocycles. The molecule has 0 N–H and O–H groups in total. The fraction of sp³-hybridized carbons (Fsp3) is 0.455. The standard InChI is InChI=1S/C11H17NO2/c1-4-13-12(14-5-2)11-8-6-7-10(3)9-11/h6-9H,4-5H2,1-3H3. The van der Waals surface area contributed by atoms with E-state index in [1.165, 1.54) is 10.8 Å². The van der Waals surface area contributed by atoms with Crippen LogP contribution in [0.15, 0.2) is 24.3 Å². The number of anilines is 1. The molecule has 0 saturated heterocycles. The number of nitrogens with zero attached hydrogens (tertiary/aromatic N) is 1. The van der Waals surface area contributed by atoms with E-state index in [4.69, 9.17) is 9.68 Å². The molecular formula is C11H17NO2. The number of hydrogen-bond donors (Lipinski definition) is 0. The summed E-state index contributed by atoms with van der Waals surface area (Å²) in [5.41, 5.74) is 2.11. The lowest BCUT2D eigenvalue weighted by Crippen LogP contribution is -2.23. The summed E-state index contributed by atoms with van der Waals surface area (Å²) < 4.78 is 0. The molecule has 0 aromatic heterocycles. The zero-order valence-electron chi connectivity index (χ0n) is 8.99. The molecule has 0 heterocycles. The smallest absolute Gasteiger partial charge is 0.0949 e. The monoisotopic (exact) mass is 195 g/mol. The Kier molecular flexibility index (Phi) is 4.43. The first-order chi connectivity index (χ1) is 6.77. The Balaban J connectivity index is 2.75. The lowest BCUT2D eigenvalue weighted by Gasteiger charge is -2.21. The van der Waals surface area contributed by atoms with E-state index in [1.807, 2.05) is 45.0 Å². The fourth-order valence-electron chi connectivity index (χ4n) is 1.16. The van der Waals surface area contributed by atoms with Gasteiger partial charge < -0.3 is 0 Å². The average molecular weight is 195 g/mol. The van der Waals surface area contributed by atoms with Gasteiger partial charge in [0.05, 0.1) is 18.9 Å². The van der Waals surface area contributed by atoms with Crippen molar-refractivity contribution in [1.29, 1.82) is 0 Å². The van der Waals surface area contributed by atoms with Crippen molar-refractivity contribution in [2.75, 3.05) is 18.4 Å². The van der Waals surface area contributed by atoms with Gasteiger partial charge in [-0.05, 0) is 38.5 Å². The molecule has 14 heavy (non-hydrogen) atoms. The van der Waals surface area contributed by atoms with Gasteiger partial charge in [0, 0.05) is 0 Å². The van der Waals surface area contributed by atoms with Gasteiger partial charge in [-0.1, -0.05) is 12.1 Å². The number of hydrogen-bond acceptors (Lipinski definition) is 3. The Labute approximate surface area is 85.2 Å². The summed E-state index contributed by atoms with van der Waals surface area (Å²) in [6.07, 6.45) is 0. The third kappa shape index (κ3) is 3.01. The number of benzene rings is 1. The molecule has 3 heteroatoms. The van der Waals surface area contributed by atoms with Crippen LogP contribution in [0.2, 0.25) is 0 Å². The maximum atomic E-state index is 5.33. The van der Waals surface area contributed by atoms with Crippen LogP contribution >= 0.6 is 0 Å². The van der Waals surface area contributed by atoms with E-state index in [2.05, 4.69) is 0 Å². The van der Waals surface area contributed by atoms with E-state index < -0.39 is 0 Å². The third-order valence-electron chi connectivity index (χ3n) is 1.71. The van der Waals surface area contributed by atoms with Gasteiger partial charge in [0.25, 0.3) is 0 Å². The Bertz CT molecular complexity index is 270. The van der Waals surface area contributed by atoms with Crippen molar-refractivity contribution >= 4 is 5.69 Å². The van der Waals surface area contributed by atoms with E-state index in [-0.39, 0.29) is 0 Å². The molecule has 0 atom stereocenters. The van der Waals surface area contributed by atoms with Crippen LogP contribution in [0.25, 0.3) is 0 Å². The van der Waals surface area contributed by atoms with Crippen LogP contribution in [0.3, 0.4) is 0 Å². The summed E-state index contributed by atoms with van der Waals surface area (Å²) in [5, 5.41) is 1.47. The number of rotatable bonds is 5. The minimum atomic E-state index is 0.591. The SMILES string of the molecule is CCON(OCC)c1cccc(C)c1. The normalized spacial score (nSPS) is 10.2. The first kappa shape index (κ1) is 11.0. The van der Waals surface area contributed by atoms with Crippen molar-refractivity contribution in [3.8, 4) is 0 Å². The van der Waals surface area contributed by atoms with Crippen molar-refractivity contribution in [2.24, 2.45) is 0 Å². The van der Waals surface area contributed by atoms with Crippen molar-refractivity contribution in [3.05, 3.63) is 29.8 Å². The highest BCUT2D eigenvalue weighted by Gasteiger charge is 2.05. The summed E-state index contributed by atoms with van der Waals surface area (Å²) in [7, 11) is 0. The molecular weight excluding hydrogens is 178 g/mol. The summed E-state index contributed by atoms with van der Waals surface area (Å²) in [4.78, 5) is 10.7. The Morgan fingerprint density at radius 1 is 1.14 bits per heavy atom. The maximum Gasteiger partial charge on any atom is 0.0949 e. The second kappa shape index (κ2) is 5.62. The molecule has 1 aromatic carbocycles. The Morgan fingerprint density at radius 2 is 1.79 bits per heavy atom. The van der Waals surface area contributed by atoms with Gasteiger partial charge in [0.1, 0.15) is 0 Å². The molecule has 1 rings (SSSR count). The second-order valence-electron chi connectivity index (χ2n) is 2.93. The average Bonchev–Trinajstić information content (AvgIpc) is 2.17. The zero-order chi connectivity index (χ0) is 10.4. The van der Waals surface area contributed by atoms with Crippen LogP contribution in [0.4, 0.5) is 5.69 Å². The van der Waals surface area contributed by atoms with E-state index in [1.54, 1.807) is 0 Å². The van der Waals surface area contributed by atoms with E-state index >= 15 is 0 Å². The molecule has 3 nitrogen and oxygen atoms in total. The van der Waals surface area contributed by atoms with Crippen molar-refractivity contribution in [3.63, 3.8) is 0 Å². The molecule has 0 amide bonds.